The molecule has 7 heteroatoms. The molecule has 2 aromatic rings. The van der Waals surface area contributed by atoms with Gasteiger partial charge in [-0.2, -0.15) is 5.26 Å². The van der Waals surface area contributed by atoms with Crippen LogP contribution in [0.2, 0.25) is 0 Å². The van der Waals surface area contributed by atoms with E-state index in [2.05, 4.69) is 6.07 Å². The van der Waals surface area contributed by atoms with E-state index in [9.17, 15) is 10.1 Å². The number of nitrogens with zero attached hydrogens (tertiary/aromatic N) is 1. The largest absolute Gasteiger partial charge is 0.497 e. The van der Waals surface area contributed by atoms with Crippen LogP contribution in [0.4, 0.5) is 0 Å². The second-order valence-corrected chi connectivity index (χ2v) is 5.42. The summed E-state index contributed by atoms with van der Waals surface area (Å²) < 4.78 is 26.6. The first kappa shape index (κ1) is 17.4. The van der Waals surface area contributed by atoms with Crippen molar-refractivity contribution in [3.8, 4) is 34.8 Å². The Bertz CT molecular complexity index is 869. The van der Waals surface area contributed by atoms with Crippen LogP contribution < -0.4 is 23.7 Å². The summed E-state index contributed by atoms with van der Waals surface area (Å²) in [4.78, 5) is 13.1. The van der Waals surface area contributed by atoms with Gasteiger partial charge < -0.3 is 23.7 Å². The maximum absolute atomic E-state index is 13.1. The molecule has 7 nitrogen and oxygen atoms in total. The third-order valence-corrected chi connectivity index (χ3v) is 4.09. The third-order valence-electron chi connectivity index (χ3n) is 4.09. The predicted molar refractivity (Wildman–Crippen MR) is 91.3 cm³/mol. The molecule has 3 rings (SSSR count). The Labute approximate surface area is 150 Å². The molecule has 26 heavy (non-hydrogen) atoms. The van der Waals surface area contributed by atoms with Gasteiger partial charge in [0.25, 0.3) is 0 Å². The van der Waals surface area contributed by atoms with Gasteiger partial charge in [-0.1, -0.05) is 12.1 Å². The number of benzene rings is 2. The molecule has 0 unspecified atom stereocenters. The number of hydrogen-bond donors (Lipinski definition) is 0. The minimum Gasteiger partial charge on any atom is -0.497 e. The number of Topliss-reactive ketones (excluding diaryl/α,β-unsaturated/α-hetero) is 1. The molecule has 134 valence electrons. The molecule has 0 aromatic heterocycles. The average molecular weight is 355 g/mol. The van der Waals surface area contributed by atoms with E-state index >= 15 is 0 Å². The molecule has 0 aliphatic carbocycles. The number of ketones is 1. The second-order valence-electron chi connectivity index (χ2n) is 5.42. The van der Waals surface area contributed by atoms with Gasteiger partial charge in [-0.25, -0.2) is 0 Å². The van der Waals surface area contributed by atoms with E-state index < -0.39 is 11.7 Å². The van der Waals surface area contributed by atoms with Crippen molar-refractivity contribution in [2.45, 2.75) is 5.92 Å². The molecular formula is C19H17NO6. The first-order valence-corrected chi connectivity index (χ1v) is 7.77. The minimum atomic E-state index is -1.01. The van der Waals surface area contributed by atoms with Crippen LogP contribution >= 0.6 is 0 Å². The molecule has 0 saturated carbocycles. The number of fused-ring (bicyclic) bond motifs is 1. The molecule has 0 bridgehead atoms. The Balaban J connectivity index is 2.06. The van der Waals surface area contributed by atoms with Crippen molar-refractivity contribution in [3.05, 3.63) is 41.5 Å². The van der Waals surface area contributed by atoms with Gasteiger partial charge in [0.1, 0.15) is 11.7 Å². The number of carbonyl (C=O) groups excluding carboxylic acids is 1. The summed E-state index contributed by atoms with van der Waals surface area (Å²) in [7, 11) is 4.41. The fourth-order valence-corrected chi connectivity index (χ4v) is 2.80. The van der Waals surface area contributed by atoms with Crippen LogP contribution in [0.3, 0.4) is 0 Å². The van der Waals surface area contributed by atoms with Gasteiger partial charge in [-0.15, -0.1) is 0 Å². The average Bonchev–Trinajstić information content (AvgIpc) is 3.15. The lowest BCUT2D eigenvalue weighted by atomic mass is 9.91. The van der Waals surface area contributed by atoms with Gasteiger partial charge in [0.2, 0.25) is 18.3 Å². The molecule has 0 radical (unpaired) electrons. The lowest BCUT2D eigenvalue weighted by Crippen LogP contribution is -2.13. The maximum atomic E-state index is 13.1. The van der Waals surface area contributed by atoms with E-state index in [1.54, 1.807) is 31.4 Å². The Kier molecular flexibility index (Phi) is 4.85. The van der Waals surface area contributed by atoms with E-state index in [0.29, 0.717) is 22.8 Å². The van der Waals surface area contributed by atoms with Gasteiger partial charge in [-0.05, 0) is 23.8 Å². The zero-order chi connectivity index (χ0) is 18.7. The van der Waals surface area contributed by atoms with Crippen molar-refractivity contribution in [1.82, 2.24) is 0 Å². The number of carbonyl (C=O) groups is 1. The Morgan fingerprint density at radius 2 is 1.77 bits per heavy atom. The molecule has 0 saturated heterocycles. The number of hydrogen-bond acceptors (Lipinski definition) is 7. The summed E-state index contributed by atoms with van der Waals surface area (Å²) in [6.45, 7) is 0.0205. The van der Waals surface area contributed by atoms with Crippen molar-refractivity contribution in [3.63, 3.8) is 0 Å². The monoisotopic (exact) mass is 355 g/mol. The Hall–Kier alpha value is -3.40. The van der Waals surface area contributed by atoms with Gasteiger partial charge in [0.05, 0.1) is 33.0 Å². The topological polar surface area (TPSA) is 87.0 Å². The zero-order valence-corrected chi connectivity index (χ0v) is 14.6. The van der Waals surface area contributed by atoms with E-state index in [-0.39, 0.29) is 23.9 Å². The summed E-state index contributed by atoms with van der Waals surface area (Å²) in [5.74, 6) is 0.412. The first-order valence-electron chi connectivity index (χ1n) is 7.77. The number of ether oxygens (including phenoxy) is 5. The Morgan fingerprint density at radius 1 is 1.08 bits per heavy atom. The molecule has 1 atom stereocenters. The van der Waals surface area contributed by atoms with Gasteiger partial charge in [0, 0.05) is 0 Å². The van der Waals surface area contributed by atoms with E-state index in [1.165, 1.54) is 20.3 Å². The molecule has 0 fully saturated rings. The minimum absolute atomic E-state index is 0.0205. The van der Waals surface area contributed by atoms with Crippen LogP contribution in [0.1, 0.15) is 21.8 Å². The first-order chi connectivity index (χ1) is 12.6. The van der Waals surface area contributed by atoms with Crippen LogP contribution in [-0.4, -0.2) is 33.9 Å². The number of rotatable bonds is 6. The standard InChI is InChI=1S/C19H17NO6/c1-22-12-6-4-11(5-7-12)14(9-20)16(21)13-8-15-18(26-10-25-15)19(24-3)17(13)23-2/h4-8,14H,10H2,1-3H3/t14-/m0/s1. The van der Waals surface area contributed by atoms with Crippen LogP contribution in [0.25, 0.3) is 0 Å². The highest BCUT2D eigenvalue weighted by Crippen LogP contribution is 2.49. The van der Waals surface area contributed by atoms with Crippen LogP contribution in [0.5, 0.6) is 28.7 Å². The van der Waals surface area contributed by atoms with Crippen LogP contribution in [0, 0.1) is 11.3 Å². The van der Waals surface area contributed by atoms with Gasteiger partial charge in [0.15, 0.2) is 17.3 Å². The highest BCUT2D eigenvalue weighted by molar-refractivity contribution is 6.06. The predicted octanol–water partition coefficient (Wildman–Crippen LogP) is 2.93. The number of methoxy groups -OCH3 is 3. The van der Waals surface area contributed by atoms with Crippen LogP contribution in [0.15, 0.2) is 30.3 Å². The van der Waals surface area contributed by atoms with Gasteiger partial charge >= 0.3 is 0 Å². The molecule has 0 amide bonds. The second kappa shape index (κ2) is 7.23. The van der Waals surface area contributed by atoms with Crippen molar-refractivity contribution < 1.29 is 28.5 Å². The van der Waals surface area contributed by atoms with Crippen LogP contribution in [-0.2, 0) is 0 Å². The van der Waals surface area contributed by atoms with Crippen molar-refractivity contribution >= 4 is 5.78 Å². The van der Waals surface area contributed by atoms with Gasteiger partial charge in [-0.3, -0.25) is 4.79 Å². The molecular weight excluding hydrogens is 338 g/mol. The maximum Gasteiger partial charge on any atom is 0.231 e. The number of nitriles is 1. The molecule has 2 aromatic carbocycles. The smallest absolute Gasteiger partial charge is 0.231 e. The SMILES string of the molecule is COc1ccc([C@H](C#N)C(=O)c2cc3c(c(OC)c2OC)OCO3)cc1. The van der Waals surface area contributed by atoms with Crippen molar-refractivity contribution in [2.24, 2.45) is 0 Å². The van der Waals surface area contributed by atoms with E-state index in [0.717, 1.165) is 0 Å². The third kappa shape index (κ3) is 2.86. The summed E-state index contributed by atoms with van der Waals surface area (Å²) in [6, 6.07) is 10.3. The quantitative estimate of drug-likeness (QED) is 0.736. The van der Waals surface area contributed by atoms with Crippen molar-refractivity contribution in [2.75, 3.05) is 28.1 Å². The van der Waals surface area contributed by atoms with E-state index in [4.69, 9.17) is 23.7 Å². The highest BCUT2D eigenvalue weighted by Gasteiger charge is 2.32. The van der Waals surface area contributed by atoms with Crippen molar-refractivity contribution in [1.29, 1.82) is 5.26 Å². The Morgan fingerprint density at radius 3 is 2.35 bits per heavy atom. The van der Waals surface area contributed by atoms with E-state index in [1.807, 2.05) is 0 Å². The fourth-order valence-electron chi connectivity index (χ4n) is 2.80. The normalized spacial score (nSPS) is 12.8. The lowest BCUT2D eigenvalue weighted by molar-refractivity contribution is 0.0975. The molecule has 0 N–H and O–H groups in total. The molecule has 0 spiro atoms. The summed E-state index contributed by atoms with van der Waals surface area (Å²) in [6.07, 6.45) is 0. The summed E-state index contributed by atoms with van der Waals surface area (Å²) in [5.41, 5.74) is 0.743. The fraction of sp³-hybridized carbons (Fsp3) is 0.263. The lowest BCUT2D eigenvalue weighted by Gasteiger charge is -2.16. The zero-order valence-electron chi connectivity index (χ0n) is 14.6. The highest BCUT2D eigenvalue weighted by atomic mass is 16.7. The summed E-state index contributed by atoms with van der Waals surface area (Å²) >= 11 is 0. The molecule has 1 aliphatic heterocycles. The summed E-state index contributed by atoms with van der Waals surface area (Å²) in [5, 5.41) is 9.59. The molecule has 1 heterocycles. The molecule has 1 aliphatic rings.